The Hall–Kier alpha value is -0.450. The van der Waals surface area contributed by atoms with E-state index < -0.39 is 0 Å². The van der Waals surface area contributed by atoms with E-state index in [1.54, 1.807) is 0 Å². The first-order chi connectivity index (χ1) is 8.15. The van der Waals surface area contributed by atoms with E-state index in [1.165, 1.54) is 12.1 Å². The molecule has 2 rings (SSSR count). The highest BCUT2D eigenvalue weighted by molar-refractivity contribution is 9.10. The molecule has 1 aliphatic rings. The van der Waals surface area contributed by atoms with E-state index in [0.29, 0.717) is 12.5 Å². The van der Waals surface area contributed by atoms with Crippen molar-refractivity contribution in [1.29, 1.82) is 0 Å². The highest BCUT2D eigenvalue weighted by atomic mass is 79.9. The van der Waals surface area contributed by atoms with Crippen LogP contribution in [0.1, 0.15) is 18.9 Å². The summed E-state index contributed by atoms with van der Waals surface area (Å²) in [6.07, 6.45) is 1.36. The maximum atomic E-state index is 13.2. The maximum absolute atomic E-state index is 13.2. The predicted molar refractivity (Wildman–Crippen MR) is 69.3 cm³/mol. The Morgan fingerprint density at radius 3 is 3.00 bits per heavy atom. The Balaban J connectivity index is 1.92. The van der Waals surface area contributed by atoms with Crippen molar-refractivity contribution in [3.63, 3.8) is 0 Å². The highest BCUT2D eigenvalue weighted by Crippen LogP contribution is 2.19. The zero-order valence-corrected chi connectivity index (χ0v) is 11.5. The quantitative estimate of drug-likeness (QED) is 0.926. The van der Waals surface area contributed by atoms with E-state index in [1.807, 2.05) is 6.07 Å². The van der Waals surface area contributed by atoms with Crippen LogP contribution in [0.2, 0.25) is 0 Å². The summed E-state index contributed by atoms with van der Waals surface area (Å²) in [6.45, 7) is 4.62. The summed E-state index contributed by atoms with van der Waals surface area (Å²) in [5.74, 6) is 0.334. The lowest BCUT2D eigenvalue weighted by Gasteiger charge is -2.29. The van der Waals surface area contributed by atoms with Crippen LogP contribution in [-0.4, -0.2) is 19.2 Å². The van der Waals surface area contributed by atoms with Gasteiger partial charge in [0, 0.05) is 11.0 Å². The van der Waals surface area contributed by atoms with E-state index in [-0.39, 0.29) is 11.9 Å². The van der Waals surface area contributed by atoms with Gasteiger partial charge in [0.1, 0.15) is 5.82 Å². The molecule has 2 atom stereocenters. The van der Waals surface area contributed by atoms with Crippen molar-refractivity contribution in [3.05, 3.63) is 34.1 Å². The van der Waals surface area contributed by atoms with Crippen LogP contribution in [-0.2, 0) is 11.3 Å². The normalized spacial score (nSPS) is 24.9. The first kappa shape index (κ1) is 13.0. The molecule has 2 unspecified atom stereocenters. The zero-order valence-electron chi connectivity index (χ0n) is 9.88. The Bertz CT molecular complexity index is 365. The van der Waals surface area contributed by atoms with Gasteiger partial charge in [0.25, 0.3) is 0 Å². The van der Waals surface area contributed by atoms with Gasteiger partial charge < -0.3 is 10.1 Å². The first-order valence-electron chi connectivity index (χ1n) is 5.92. The summed E-state index contributed by atoms with van der Waals surface area (Å²) in [5, 5.41) is 3.32. The molecule has 2 nitrogen and oxygen atoms in total. The van der Waals surface area contributed by atoms with E-state index in [2.05, 4.69) is 28.2 Å². The summed E-state index contributed by atoms with van der Waals surface area (Å²) < 4.78 is 19.8. The highest BCUT2D eigenvalue weighted by Gasteiger charge is 2.21. The molecule has 1 saturated heterocycles. The summed E-state index contributed by atoms with van der Waals surface area (Å²) in [5.41, 5.74) is 0.870. The van der Waals surface area contributed by atoms with Crippen molar-refractivity contribution >= 4 is 15.9 Å². The van der Waals surface area contributed by atoms with Crippen LogP contribution in [0.15, 0.2) is 22.7 Å². The Labute approximate surface area is 110 Å². The number of ether oxygens (including phenoxy) is 1. The lowest BCUT2D eigenvalue weighted by atomic mass is 9.97. The molecule has 1 aliphatic heterocycles. The average Bonchev–Trinajstić information content (AvgIpc) is 2.27. The lowest BCUT2D eigenvalue weighted by molar-refractivity contribution is -0.00668. The number of piperidine rings is 1. The van der Waals surface area contributed by atoms with Crippen LogP contribution in [0.3, 0.4) is 0 Å². The summed E-state index contributed by atoms with van der Waals surface area (Å²) in [6, 6.07) is 4.87. The fraction of sp³-hybridized carbons (Fsp3) is 0.538. The Kier molecular flexibility index (Phi) is 4.54. The molecule has 0 saturated carbocycles. The molecule has 17 heavy (non-hydrogen) atoms. The van der Waals surface area contributed by atoms with E-state index >= 15 is 0 Å². The van der Waals surface area contributed by atoms with Gasteiger partial charge in [-0.2, -0.15) is 0 Å². The molecular formula is C13H17BrFNO. The smallest absolute Gasteiger partial charge is 0.124 e. The van der Waals surface area contributed by atoms with E-state index in [0.717, 1.165) is 29.5 Å². The topological polar surface area (TPSA) is 21.3 Å². The molecule has 0 amide bonds. The van der Waals surface area contributed by atoms with Crippen LogP contribution in [0.25, 0.3) is 0 Å². The second kappa shape index (κ2) is 5.94. The molecule has 1 heterocycles. The molecule has 1 fully saturated rings. The van der Waals surface area contributed by atoms with Crippen LogP contribution >= 0.6 is 15.9 Å². The van der Waals surface area contributed by atoms with Gasteiger partial charge in [0.2, 0.25) is 0 Å². The number of hydrogen-bond donors (Lipinski definition) is 1. The van der Waals surface area contributed by atoms with Crippen LogP contribution in [0.4, 0.5) is 4.39 Å². The fourth-order valence-corrected chi connectivity index (χ4v) is 2.59. The second-order valence-electron chi connectivity index (χ2n) is 4.60. The number of hydrogen-bond acceptors (Lipinski definition) is 2. The monoisotopic (exact) mass is 301 g/mol. The zero-order chi connectivity index (χ0) is 12.3. The van der Waals surface area contributed by atoms with Crippen molar-refractivity contribution < 1.29 is 9.13 Å². The van der Waals surface area contributed by atoms with Crippen molar-refractivity contribution in [3.8, 4) is 0 Å². The molecule has 1 aromatic rings. The molecule has 0 spiro atoms. The molecule has 0 bridgehead atoms. The third-order valence-corrected chi connectivity index (χ3v) is 3.60. The van der Waals surface area contributed by atoms with Crippen LogP contribution in [0, 0.1) is 11.7 Å². The van der Waals surface area contributed by atoms with Gasteiger partial charge >= 0.3 is 0 Å². The minimum Gasteiger partial charge on any atom is -0.372 e. The maximum Gasteiger partial charge on any atom is 0.124 e. The molecular weight excluding hydrogens is 285 g/mol. The van der Waals surface area contributed by atoms with Crippen molar-refractivity contribution in [2.24, 2.45) is 5.92 Å². The largest absolute Gasteiger partial charge is 0.372 e. The summed E-state index contributed by atoms with van der Waals surface area (Å²) in [7, 11) is 0. The standard InChI is InChI=1S/C13H17BrFNO/c1-9-2-3-16-7-13(9)17-8-10-4-11(14)6-12(15)5-10/h4-6,9,13,16H,2-3,7-8H2,1H3. The lowest BCUT2D eigenvalue weighted by Crippen LogP contribution is -2.40. The van der Waals surface area contributed by atoms with E-state index in [9.17, 15) is 4.39 Å². The third kappa shape index (κ3) is 3.76. The SMILES string of the molecule is CC1CCNCC1OCc1cc(F)cc(Br)c1. The molecule has 1 aromatic carbocycles. The molecule has 0 radical (unpaired) electrons. The second-order valence-corrected chi connectivity index (χ2v) is 5.51. The van der Waals surface area contributed by atoms with Gasteiger partial charge in [-0.25, -0.2) is 4.39 Å². The van der Waals surface area contributed by atoms with Crippen molar-refractivity contribution in [1.82, 2.24) is 5.32 Å². The predicted octanol–water partition coefficient (Wildman–Crippen LogP) is 3.10. The minimum absolute atomic E-state index is 0.228. The van der Waals surface area contributed by atoms with Gasteiger partial charge in [0.15, 0.2) is 0 Å². The third-order valence-electron chi connectivity index (χ3n) is 3.14. The Morgan fingerprint density at radius 1 is 1.47 bits per heavy atom. The van der Waals surface area contributed by atoms with Crippen LogP contribution in [0.5, 0.6) is 0 Å². The van der Waals surface area contributed by atoms with E-state index in [4.69, 9.17) is 4.74 Å². The van der Waals surface area contributed by atoms with Crippen molar-refractivity contribution in [2.45, 2.75) is 26.1 Å². The Morgan fingerprint density at radius 2 is 2.29 bits per heavy atom. The molecule has 94 valence electrons. The number of rotatable bonds is 3. The average molecular weight is 302 g/mol. The number of halogens is 2. The van der Waals surface area contributed by atoms with Gasteiger partial charge in [-0.1, -0.05) is 22.9 Å². The fourth-order valence-electron chi connectivity index (χ4n) is 2.08. The minimum atomic E-state index is -0.229. The van der Waals surface area contributed by atoms with Crippen molar-refractivity contribution in [2.75, 3.05) is 13.1 Å². The summed E-state index contributed by atoms with van der Waals surface area (Å²) >= 11 is 3.28. The first-order valence-corrected chi connectivity index (χ1v) is 6.72. The van der Waals surface area contributed by atoms with Gasteiger partial charge in [-0.15, -0.1) is 0 Å². The molecule has 0 aliphatic carbocycles. The van der Waals surface area contributed by atoms with Gasteiger partial charge in [-0.3, -0.25) is 0 Å². The summed E-state index contributed by atoms with van der Waals surface area (Å²) in [4.78, 5) is 0. The number of nitrogens with one attached hydrogen (secondary N) is 1. The molecule has 4 heteroatoms. The van der Waals surface area contributed by atoms with Gasteiger partial charge in [-0.05, 0) is 42.6 Å². The van der Waals surface area contributed by atoms with Gasteiger partial charge in [0.05, 0.1) is 12.7 Å². The van der Waals surface area contributed by atoms with Crippen LogP contribution < -0.4 is 5.32 Å². The molecule has 0 aromatic heterocycles. The molecule has 1 N–H and O–H groups in total. The number of benzene rings is 1.